The van der Waals surface area contributed by atoms with Crippen LogP contribution < -0.4 is 9.47 Å². The topological polar surface area (TPSA) is 48.4 Å². The Morgan fingerprint density at radius 1 is 1.04 bits per heavy atom. The summed E-state index contributed by atoms with van der Waals surface area (Å²) in [4.78, 5) is 16.9. The zero-order valence-electron chi connectivity index (χ0n) is 14.0. The maximum absolute atomic E-state index is 12.4. The number of thiazole rings is 1. The highest BCUT2D eigenvalue weighted by atomic mass is 32.1. The molecule has 124 valence electrons. The quantitative estimate of drug-likeness (QED) is 0.680. The highest BCUT2D eigenvalue weighted by Gasteiger charge is 2.12. The molecule has 1 aromatic heterocycles. The number of ketones is 1. The fraction of sp³-hybridized carbons (Fsp3) is 0.263. The predicted octanol–water partition coefficient (Wildman–Crippen LogP) is 3.98. The minimum atomic E-state index is 0.137. The molecule has 0 fully saturated rings. The molecule has 0 N–H and O–H groups in total. The van der Waals surface area contributed by atoms with Crippen LogP contribution in [-0.2, 0) is 17.6 Å². The Bertz CT molecular complexity index is 885. The van der Waals surface area contributed by atoms with E-state index in [1.807, 2.05) is 30.3 Å². The summed E-state index contributed by atoms with van der Waals surface area (Å²) in [6, 6.07) is 11.7. The Labute approximate surface area is 145 Å². The van der Waals surface area contributed by atoms with Crippen molar-refractivity contribution in [2.45, 2.75) is 19.8 Å². The molecule has 1 heterocycles. The Morgan fingerprint density at radius 2 is 1.83 bits per heavy atom. The molecule has 3 rings (SSSR count). The van der Waals surface area contributed by atoms with Crippen molar-refractivity contribution in [3.05, 3.63) is 52.5 Å². The van der Waals surface area contributed by atoms with Crippen molar-refractivity contribution in [2.75, 3.05) is 14.2 Å². The van der Waals surface area contributed by atoms with Gasteiger partial charge in [-0.05, 0) is 42.3 Å². The van der Waals surface area contributed by atoms with E-state index >= 15 is 0 Å². The molecule has 0 aliphatic carbocycles. The maximum atomic E-state index is 12.4. The SMILES string of the molecule is COc1ccc(CC(=O)Cc2nc3ccc(C)cc3s2)cc1OC. The van der Waals surface area contributed by atoms with Crippen LogP contribution in [0.1, 0.15) is 16.1 Å². The first kappa shape index (κ1) is 16.5. The number of Topliss-reactive ketones (excluding diaryl/α,β-unsaturated/α-hetero) is 1. The first-order valence-corrected chi connectivity index (χ1v) is 8.49. The molecule has 2 aromatic carbocycles. The van der Waals surface area contributed by atoms with Gasteiger partial charge in [-0.2, -0.15) is 0 Å². The van der Waals surface area contributed by atoms with Crippen LogP contribution in [0.15, 0.2) is 36.4 Å². The number of carbonyl (C=O) groups is 1. The molecule has 5 heteroatoms. The van der Waals surface area contributed by atoms with Gasteiger partial charge in [0.05, 0.1) is 30.9 Å². The molecular formula is C19H19NO3S. The lowest BCUT2D eigenvalue weighted by Gasteiger charge is -2.09. The Kier molecular flexibility index (Phi) is 4.81. The molecule has 0 atom stereocenters. The number of rotatable bonds is 6. The van der Waals surface area contributed by atoms with Crippen LogP contribution in [0.5, 0.6) is 11.5 Å². The largest absolute Gasteiger partial charge is 0.493 e. The predicted molar refractivity (Wildman–Crippen MR) is 96.3 cm³/mol. The van der Waals surface area contributed by atoms with Gasteiger partial charge in [-0.25, -0.2) is 4.98 Å². The molecule has 0 aliphatic heterocycles. The fourth-order valence-electron chi connectivity index (χ4n) is 2.60. The Morgan fingerprint density at radius 3 is 2.58 bits per heavy atom. The van der Waals surface area contributed by atoms with E-state index in [2.05, 4.69) is 18.0 Å². The summed E-state index contributed by atoms with van der Waals surface area (Å²) in [6.45, 7) is 2.06. The third-order valence-corrected chi connectivity index (χ3v) is 4.80. The van der Waals surface area contributed by atoms with Gasteiger partial charge in [-0.3, -0.25) is 4.79 Å². The first-order chi connectivity index (χ1) is 11.6. The molecular weight excluding hydrogens is 322 g/mol. The van der Waals surface area contributed by atoms with Crippen LogP contribution in [0.4, 0.5) is 0 Å². The summed E-state index contributed by atoms with van der Waals surface area (Å²) in [5, 5.41) is 0.862. The average molecular weight is 341 g/mol. The normalized spacial score (nSPS) is 10.8. The van der Waals surface area contributed by atoms with E-state index in [0.29, 0.717) is 24.3 Å². The summed E-state index contributed by atoms with van der Waals surface area (Å²) in [5.41, 5.74) is 3.07. The van der Waals surface area contributed by atoms with Crippen molar-refractivity contribution in [3.8, 4) is 11.5 Å². The number of methoxy groups -OCH3 is 2. The number of carbonyl (C=O) groups excluding carboxylic acids is 1. The number of fused-ring (bicyclic) bond motifs is 1. The number of hydrogen-bond acceptors (Lipinski definition) is 5. The molecule has 0 saturated carbocycles. The molecule has 0 amide bonds. The lowest BCUT2D eigenvalue weighted by molar-refractivity contribution is -0.117. The van der Waals surface area contributed by atoms with Gasteiger partial charge in [0.2, 0.25) is 0 Å². The van der Waals surface area contributed by atoms with Crippen LogP contribution in [0.2, 0.25) is 0 Å². The Hall–Kier alpha value is -2.40. The second kappa shape index (κ2) is 7.01. The number of nitrogens with zero attached hydrogens (tertiary/aromatic N) is 1. The molecule has 0 saturated heterocycles. The van der Waals surface area contributed by atoms with Crippen LogP contribution in [-0.4, -0.2) is 25.0 Å². The number of ether oxygens (including phenoxy) is 2. The van der Waals surface area contributed by atoms with Gasteiger partial charge >= 0.3 is 0 Å². The monoisotopic (exact) mass is 341 g/mol. The number of benzene rings is 2. The minimum absolute atomic E-state index is 0.137. The number of aromatic nitrogens is 1. The van der Waals surface area contributed by atoms with Crippen molar-refractivity contribution in [1.82, 2.24) is 4.98 Å². The number of hydrogen-bond donors (Lipinski definition) is 0. The van der Waals surface area contributed by atoms with Crippen molar-refractivity contribution in [1.29, 1.82) is 0 Å². The maximum Gasteiger partial charge on any atom is 0.161 e. The summed E-state index contributed by atoms with van der Waals surface area (Å²) in [7, 11) is 3.18. The summed E-state index contributed by atoms with van der Waals surface area (Å²) in [5.74, 6) is 1.44. The molecule has 0 bridgehead atoms. The van der Waals surface area contributed by atoms with Gasteiger partial charge in [0, 0.05) is 6.42 Å². The molecule has 0 radical (unpaired) electrons. The second-order valence-corrected chi connectivity index (χ2v) is 6.78. The van der Waals surface area contributed by atoms with E-state index < -0.39 is 0 Å². The lowest BCUT2D eigenvalue weighted by Crippen LogP contribution is -2.06. The summed E-state index contributed by atoms with van der Waals surface area (Å²) in [6.07, 6.45) is 0.710. The van der Waals surface area contributed by atoms with E-state index in [-0.39, 0.29) is 5.78 Å². The zero-order valence-corrected chi connectivity index (χ0v) is 14.8. The van der Waals surface area contributed by atoms with Crippen LogP contribution in [0.25, 0.3) is 10.2 Å². The summed E-state index contributed by atoms with van der Waals surface area (Å²) < 4.78 is 11.6. The second-order valence-electron chi connectivity index (χ2n) is 5.66. The van der Waals surface area contributed by atoms with E-state index in [0.717, 1.165) is 20.8 Å². The van der Waals surface area contributed by atoms with Crippen molar-refractivity contribution in [2.24, 2.45) is 0 Å². The van der Waals surface area contributed by atoms with Gasteiger partial charge in [-0.1, -0.05) is 12.1 Å². The smallest absolute Gasteiger partial charge is 0.161 e. The number of aryl methyl sites for hydroxylation is 1. The van der Waals surface area contributed by atoms with E-state index in [1.165, 1.54) is 5.56 Å². The van der Waals surface area contributed by atoms with Crippen molar-refractivity contribution in [3.63, 3.8) is 0 Å². The first-order valence-electron chi connectivity index (χ1n) is 7.67. The van der Waals surface area contributed by atoms with Crippen molar-refractivity contribution < 1.29 is 14.3 Å². The molecule has 4 nitrogen and oxygen atoms in total. The van der Waals surface area contributed by atoms with Gasteiger partial charge in [-0.15, -0.1) is 11.3 Å². The van der Waals surface area contributed by atoms with Gasteiger partial charge < -0.3 is 9.47 Å². The lowest BCUT2D eigenvalue weighted by atomic mass is 10.1. The third-order valence-electron chi connectivity index (χ3n) is 3.79. The van der Waals surface area contributed by atoms with E-state index in [1.54, 1.807) is 25.6 Å². The fourth-order valence-corrected chi connectivity index (χ4v) is 3.70. The van der Waals surface area contributed by atoms with Gasteiger partial charge in [0.25, 0.3) is 0 Å². The third kappa shape index (κ3) is 3.57. The van der Waals surface area contributed by atoms with Crippen molar-refractivity contribution >= 4 is 27.3 Å². The Balaban J connectivity index is 1.72. The highest BCUT2D eigenvalue weighted by molar-refractivity contribution is 7.18. The molecule has 3 aromatic rings. The molecule has 0 spiro atoms. The van der Waals surface area contributed by atoms with Crippen LogP contribution >= 0.6 is 11.3 Å². The standard InChI is InChI=1S/C19H19NO3S/c1-12-4-6-15-18(8-12)24-19(20-15)11-14(21)9-13-5-7-16(22-2)17(10-13)23-3/h4-8,10H,9,11H2,1-3H3. The highest BCUT2D eigenvalue weighted by Crippen LogP contribution is 2.28. The van der Waals surface area contributed by atoms with E-state index in [9.17, 15) is 4.79 Å². The van der Waals surface area contributed by atoms with Gasteiger partial charge in [0.15, 0.2) is 11.5 Å². The molecule has 0 aliphatic rings. The minimum Gasteiger partial charge on any atom is -0.493 e. The van der Waals surface area contributed by atoms with E-state index in [4.69, 9.17) is 9.47 Å². The average Bonchev–Trinajstić information content (AvgIpc) is 2.95. The zero-order chi connectivity index (χ0) is 17.1. The molecule has 0 unspecified atom stereocenters. The van der Waals surface area contributed by atoms with Crippen LogP contribution in [0.3, 0.4) is 0 Å². The van der Waals surface area contributed by atoms with Crippen LogP contribution in [0, 0.1) is 6.92 Å². The van der Waals surface area contributed by atoms with Gasteiger partial charge in [0.1, 0.15) is 10.8 Å². The molecule has 24 heavy (non-hydrogen) atoms. The summed E-state index contributed by atoms with van der Waals surface area (Å²) >= 11 is 1.59.